The highest BCUT2D eigenvalue weighted by Crippen LogP contribution is 2.25. The van der Waals surface area contributed by atoms with Crippen LogP contribution in [0.1, 0.15) is 39.4 Å². The lowest BCUT2D eigenvalue weighted by molar-refractivity contribution is -0.128. The summed E-state index contributed by atoms with van der Waals surface area (Å²) in [5.41, 5.74) is -0.637. The van der Waals surface area contributed by atoms with E-state index < -0.39 is 21.1 Å². The lowest BCUT2D eigenvalue weighted by Crippen LogP contribution is -2.39. The fraction of sp³-hybridized carbons (Fsp3) is 0.667. The van der Waals surface area contributed by atoms with E-state index in [9.17, 15) is 22.8 Å². The fourth-order valence-electron chi connectivity index (χ4n) is 3.88. The van der Waals surface area contributed by atoms with E-state index in [4.69, 9.17) is 0 Å². The van der Waals surface area contributed by atoms with Crippen molar-refractivity contribution < 1.29 is 13.2 Å². The van der Waals surface area contributed by atoms with Crippen molar-refractivity contribution in [2.75, 3.05) is 24.3 Å². The number of carbonyl (C=O) groups is 1. The predicted molar refractivity (Wildman–Crippen MR) is 128 cm³/mol. The predicted octanol–water partition coefficient (Wildman–Crippen LogP) is 0.836. The van der Waals surface area contributed by atoms with Gasteiger partial charge in [-0.25, -0.2) is 23.2 Å². The summed E-state index contributed by atoms with van der Waals surface area (Å²) in [6.45, 7) is 6.39. The third-order valence-electron chi connectivity index (χ3n) is 5.71. The minimum absolute atomic E-state index is 0.00363. The quantitative estimate of drug-likeness (QED) is 0.388. The van der Waals surface area contributed by atoms with Gasteiger partial charge in [-0.2, -0.15) is 0 Å². The van der Waals surface area contributed by atoms with E-state index in [2.05, 4.69) is 9.97 Å². The topological polar surface area (TPSA) is 124 Å². The van der Waals surface area contributed by atoms with E-state index in [0.717, 1.165) is 16.3 Å². The number of nitrogens with zero attached hydrogens (tertiary/aromatic N) is 5. The second-order valence-corrected chi connectivity index (χ2v) is 12.1. The van der Waals surface area contributed by atoms with Crippen LogP contribution in [0.15, 0.2) is 14.6 Å². The summed E-state index contributed by atoms with van der Waals surface area (Å²) in [6.07, 6.45) is 1.67. The van der Waals surface area contributed by atoms with Gasteiger partial charge in [-0.1, -0.05) is 32.5 Å². The van der Waals surface area contributed by atoms with Crippen LogP contribution in [0.2, 0.25) is 0 Å². The molecule has 1 saturated heterocycles. The van der Waals surface area contributed by atoms with Crippen molar-refractivity contribution in [1.29, 1.82) is 0 Å². The summed E-state index contributed by atoms with van der Waals surface area (Å²) in [4.78, 5) is 49.2. The van der Waals surface area contributed by atoms with E-state index in [0.29, 0.717) is 42.3 Å². The van der Waals surface area contributed by atoms with Crippen LogP contribution in [-0.2, 0) is 34.6 Å². The molecule has 0 aromatic carbocycles. The maximum Gasteiger partial charge on any atom is 0.332 e. The molecule has 1 amide bonds. The van der Waals surface area contributed by atoms with Gasteiger partial charge >= 0.3 is 5.69 Å². The Labute approximate surface area is 197 Å². The summed E-state index contributed by atoms with van der Waals surface area (Å²) in [6, 6.07) is -0.343. The summed E-state index contributed by atoms with van der Waals surface area (Å²) in [7, 11) is -0.0810. The van der Waals surface area contributed by atoms with Crippen LogP contribution >= 0.6 is 11.8 Å². The normalized spacial score (nSPS) is 17.7. The highest BCUT2D eigenvalue weighted by atomic mass is 32.2. The number of aromatic nitrogens is 4. The maximum atomic E-state index is 13.0. The first-order valence-electron chi connectivity index (χ1n) is 11.0. The van der Waals surface area contributed by atoms with Gasteiger partial charge < -0.3 is 4.90 Å². The fourth-order valence-corrected chi connectivity index (χ4v) is 6.61. The van der Waals surface area contributed by atoms with Crippen molar-refractivity contribution in [3.63, 3.8) is 0 Å². The molecule has 12 heteroatoms. The molecule has 33 heavy (non-hydrogen) atoms. The minimum atomic E-state index is -3.11. The molecule has 2 aromatic heterocycles. The molecular formula is C21H31N5O5S2. The number of aryl methyl sites for hydroxylation is 1. The first kappa shape index (κ1) is 25.4. The number of thioether (sulfide) groups is 1. The van der Waals surface area contributed by atoms with Gasteiger partial charge in [0, 0.05) is 33.1 Å². The number of sulfone groups is 1. The van der Waals surface area contributed by atoms with Crippen molar-refractivity contribution >= 4 is 38.5 Å². The third kappa shape index (κ3) is 5.48. The van der Waals surface area contributed by atoms with Crippen LogP contribution in [-0.4, -0.2) is 68.7 Å². The Balaban J connectivity index is 2.01. The molecule has 0 unspecified atom stereocenters. The molecule has 3 heterocycles. The molecule has 0 N–H and O–H groups in total. The van der Waals surface area contributed by atoms with Gasteiger partial charge in [-0.3, -0.25) is 18.7 Å². The Morgan fingerprint density at radius 2 is 1.97 bits per heavy atom. The van der Waals surface area contributed by atoms with Crippen molar-refractivity contribution in [1.82, 2.24) is 24.0 Å². The van der Waals surface area contributed by atoms with E-state index in [1.54, 1.807) is 7.05 Å². The Morgan fingerprint density at radius 3 is 2.55 bits per heavy atom. The Bertz CT molecular complexity index is 1280. The molecule has 1 atom stereocenters. The number of carbonyl (C=O) groups excluding carboxylic acids is 1. The molecule has 0 saturated carbocycles. The molecule has 182 valence electrons. The molecule has 1 aliphatic heterocycles. The number of hydrogen-bond acceptors (Lipinski definition) is 8. The third-order valence-corrected chi connectivity index (χ3v) is 8.43. The highest BCUT2D eigenvalue weighted by Gasteiger charge is 2.32. The van der Waals surface area contributed by atoms with Crippen molar-refractivity contribution in [3.05, 3.63) is 26.7 Å². The number of rotatable bonds is 8. The second kappa shape index (κ2) is 9.96. The largest absolute Gasteiger partial charge is 0.341 e. The van der Waals surface area contributed by atoms with Crippen molar-refractivity contribution in [3.8, 4) is 0 Å². The van der Waals surface area contributed by atoms with Gasteiger partial charge in [0.25, 0.3) is 5.56 Å². The van der Waals surface area contributed by atoms with Gasteiger partial charge in [0.1, 0.15) is 16.2 Å². The first-order chi connectivity index (χ1) is 15.4. The summed E-state index contributed by atoms with van der Waals surface area (Å²) in [5.74, 6) is 0.589. The zero-order valence-corrected chi connectivity index (χ0v) is 21.3. The maximum absolute atomic E-state index is 13.0. The van der Waals surface area contributed by atoms with Crippen LogP contribution in [0, 0.1) is 5.92 Å². The number of fused-ring (bicyclic) bond motifs is 1. The average Bonchev–Trinajstić information content (AvgIpc) is 3.11. The number of amides is 1. The molecule has 1 fully saturated rings. The highest BCUT2D eigenvalue weighted by molar-refractivity contribution is 8.00. The smallest absolute Gasteiger partial charge is 0.332 e. The monoisotopic (exact) mass is 497 g/mol. The first-order valence-corrected chi connectivity index (χ1v) is 13.8. The van der Waals surface area contributed by atoms with E-state index in [-0.39, 0.29) is 40.5 Å². The van der Waals surface area contributed by atoms with E-state index in [1.165, 1.54) is 16.5 Å². The Hall–Kier alpha value is -2.21. The molecule has 0 bridgehead atoms. The summed E-state index contributed by atoms with van der Waals surface area (Å²) in [5, 5.41) is 0.587. The SMILES string of the molecule is CCCn1c(=O)n(C)c(=O)c2c(SCC(=O)N(C)[C@H]3CCS(=O)(=O)C3)nc(CC(C)C)nc21. The van der Waals surface area contributed by atoms with E-state index in [1.807, 2.05) is 20.8 Å². The standard InChI is InChI=1S/C21H31N5O5S2/c1-6-8-26-18-17(20(28)25(5)21(26)29)19(23-15(22-18)10-13(2)3)32-11-16(27)24(4)14-7-9-33(30,31)12-14/h13-14H,6-12H2,1-5H3/t14-/m0/s1. The van der Waals surface area contributed by atoms with Crippen LogP contribution in [0.3, 0.4) is 0 Å². The minimum Gasteiger partial charge on any atom is -0.341 e. The van der Waals surface area contributed by atoms with Crippen molar-refractivity contribution in [2.45, 2.75) is 57.6 Å². The van der Waals surface area contributed by atoms with Gasteiger partial charge in [-0.05, 0) is 18.8 Å². The van der Waals surface area contributed by atoms with Gasteiger partial charge in [-0.15, -0.1) is 0 Å². The molecule has 2 aromatic rings. The van der Waals surface area contributed by atoms with Crippen LogP contribution in [0.25, 0.3) is 11.0 Å². The van der Waals surface area contributed by atoms with Crippen molar-refractivity contribution in [2.24, 2.45) is 13.0 Å². The molecule has 1 aliphatic rings. The zero-order chi connectivity index (χ0) is 24.5. The lowest BCUT2D eigenvalue weighted by atomic mass is 10.1. The van der Waals surface area contributed by atoms with Crippen LogP contribution in [0.4, 0.5) is 0 Å². The van der Waals surface area contributed by atoms with Gasteiger partial charge in [0.05, 0.1) is 17.3 Å². The van der Waals surface area contributed by atoms with Crippen LogP contribution < -0.4 is 11.2 Å². The lowest BCUT2D eigenvalue weighted by Gasteiger charge is -2.23. The Morgan fingerprint density at radius 1 is 1.27 bits per heavy atom. The second-order valence-electron chi connectivity index (χ2n) is 8.89. The van der Waals surface area contributed by atoms with Gasteiger partial charge in [0.15, 0.2) is 15.5 Å². The molecule has 10 nitrogen and oxygen atoms in total. The Kier molecular flexibility index (Phi) is 7.67. The molecule has 0 aliphatic carbocycles. The van der Waals surface area contributed by atoms with E-state index >= 15 is 0 Å². The summed E-state index contributed by atoms with van der Waals surface area (Å²) < 4.78 is 26.1. The molecular weight excluding hydrogens is 466 g/mol. The summed E-state index contributed by atoms with van der Waals surface area (Å²) >= 11 is 1.12. The number of hydrogen-bond donors (Lipinski definition) is 0. The van der Waals surface area contributed by atoms with Gasteiger partial charge in [0.2, 0.25) is 5.91 Å². The molecule has 0 radical (unpaired) electrons. The molecule has 3 rings (SSSR count). The van der Waals surface area contributed by atoms with Crippen LogP contribution in [0.5, 0.6) is 0 Å². The zero-order valence-electron chi connectivity index (χ0n) is 19.7. The molecule has 0 spiro atoms. The average molecular weight is 498 g/mol.